The first-order valence-corrected chi connectivity index (χ1v) is 5.68. The highest BCUT2D eigenvalue weighted by atomic mass is 32.1. The van der Waals surface area contributed by atoms with E-state index in [1.807, 2.05) is 12.3 Å². The zero-order valence-electron chi connectivity index (χ0n) is 10.1. The molecule has 0 saturated heterocycles. The summed E-state index contributed by atoms with van der Waals surface area (Å²) in [4.78, 5) is 22.7. The molecule has 0 saturated carbocycles. The lowest BCUT2D eigenvalue weighted by atomic mass is 10.1. The largest absolute Gasteiger partial charge is 0.507 e. The van der Waals surface area contributed by atoms with E-state index in [-0.39, 0.29) is 10.9 Å². The fourth-order valence-corrected chi connectivity index (χ4v) is 1.23. The topological polar surface area (TPSA) is 104 Å². The molecule has 1 rings (SSSR count). The van der Waals surface area contributed by atoms with E-state index in [1.165, 1.54) is 0 Å². The first kappa shape index (κ1) is 14.7. The number of carbonyl (C=O) groups is 2. The average Bonchev–Trinajstić information content (AvgIpc) is 2.36. The monoisotopic (exact) mass is 279 g/mol. The third-order valence-electron chi connectivity index (χ3n) is 2.14. The Balaban J connectivity index is 2.72. The van der Waals surface area contributed by atoms with Crippen LogP contribution in [0.2, 0.25) is 0 Å². The van der Waals surface area contributed by atoms with Crippen LogP contribution in [0.1, 0.15) is 11.1 Å². The normalized spacial score (nSPS) is 10.7. The van der Waals surface area contributed by atoms with Crippen molar-refractivity contribution in [3.63, 3.8) is 0 Å². The molecule has 0 aliphatic rings. The number of benzene rings is 1. The number of thiocarbonyl (C=S) groups is 1. The van der Waals surface area contributed by atoms with Gasteiger partial charge in [-0.3, -0.25) is 20.4 Å². The van der Waals surface area contributed by atoms with Crippen LogP contribution in [0.4, 0.5) is 0 Å². The van der Waals surface area contributed by atoms with E-state index >= 15 is 0 Å². The molecule has 0 aliphatic carbocycles. The first-order chi connectivity index (χ1) is 8.90. The number of amides is 1. The summed E-state index contributed by atoms with van der Waals surface area (Å²) in [5.74, 6) is -2.20. The Bertz CT molecular complexity index is 538. The van der Waals surface area contributed by atoms with Gasteiger partial charge >= 0.3 is 5.91 Å². The van der Waals surface area contributed by atoms with Crippen LogP contribution in [0.5, 0.6) is 0 Å². The van der Waals surface area contributed by atoms with Gasteiger partial charge in [0.25, 0.3) is 0 Å². The first-order valence-electron chi connectivity index (χ1n) is 5.27. The van der Waals surface area contributed by atoms with Gasteiger partial charge in [0.05, 0.1) is 0 Å². The summed E-state index contributed by atoms with van der Waals surface area (Å²) in [5.41, 5.74) is 10.6. The Morgan fingerprint density at radius 2 is 1.84 bits per heavy atom. The summed E-state index contributed by atoms with van der Waals surface area (Å²) in [6.45, 7) is 1.89. The van der Waals surface area contributed by atoms with Crippen LogP contribution >= 0.6 is 12.2 Å². The minimum atomic E-state index is -0.980. The molecule has 6 nitrogen and oxygen atoms in total. The molecule has 0 atom stereocenters. The Morgan fingerprint density at radius 1 is 1.26 bits per heavy atom. The van der Waals surface area contributed by atoms with Crippen molar-refractivity contribution in [3.8, 4) is 0 Å². The van der Waals surface area contributed by atoms with Gasteiger partial charge in [-0.25, -0.2) is 0 Å². The minimum Gasteiger partial charge on any atom is -0.507 e. The van der Waals surface area contributed by atoms with Crippen LogP contribution in [0.15, 0.2) is 30.3 Å². The van der Waals surface area contributed by atoms with E-state index < -0.39 is 11.7 Å². The molecule has 0 unspecified atom stereocenters. The predicted molar refractivity (Wildman–Crippen MR) is 74.9 cm³/mol. The van der Waals surface area contributed by atoms with Gasteiger partial charge in [0.15, 0.2) is 5.11 Å². The van der Waals surface area contributed by atoms with Crippen molar-refractivity contribution in [1.29, 1.82) is 0 Å². The van der Waals surface area contributed by atoms with Crippen molar-refractivity contribution in [2.75, 3.05) is 0 Å². The van der Waals surface area contributed by atoms with Crippen molar-refractivity contribution in [3.05, 3.63) is 41.5 Å². The molecule has 0 radical (unpaired) electrons. The number of hydrogen-bond acceptors (Lipinski definition) is 4. The maximum atomic E-state index is 11.4. The van der Waals surface area contributed by atoms with E-state index in [9.17, 15) is 14.7 Å². The predicted octanol–water partition coefficient (Wildman–Crippen LogP) is 0.327. The van der Waals surface area contributed by atoms with Gasteiger partial charge < -0.3 is 10.8 Å². The molecule has 0 fully saturated rings. The molecule has 0 spiro atoms. The van der Waals surface area contributed by atoms with Gasteiger partial charge in [0.2, 0.25) is 5.78 Å². The molecule has 1 aromatic carbocycles. The molecule has 0 bridgehead atoms. The second-order valence-electron chi connectivity index (χ2n) is 3.70. The van der Waals surface area contributed by atoms with E-state index in [2.05, 4.69) is 17.6 Å². The molecule has 19 heavy (non-hydrogen) atoms. The molecule has 0 aliphatic heterocycles. The molecule has 0 aromatic heterocycles. The molecular weight excluding hydrogens is 266 g/mol. The second kappa shape index (κ2) is 6.50. The Morgan fingerprint density at radius 3 is 2.37 bits per heavy atom. The van der Waals surface area contributed by atoms with E-state index in [0.29, 0.717) is 5.56 Å². The number of aliphatic hydroxyl groups is 1. The number of ketones is 1. The number of hydrazine groups is 1. The number of nitrogens with one attached hydrogen (secondary N) is 2. The summed E-state index contributed by atoms with van der Waals surface area (Å²) in [6, 6.07) is 6.83. The maximum absolute atomic E-state index is 11.4. The zero-order chi connectivity index (χ0) is 14.4. The number of carbonyl (C=O) groups excluding carboxylic acids is 2. The molecule has 7 heteroatoms. The van der Waals surface area contributed by atoms with E-state index in [4.69, 9.17) is 5.73 Å². The van der Waals surface area contributed by atoms with Crippen LogP contribution in [-0.4, -0.2) is 21.9 Å². The van der Waals surface area contributed by atoms with E-state index in [0.717, 1.165) is 11.6 Å². The summed E-state index contributed by atoms with van der Waals surface area (Å²) < 4.78 is 0. The number of aliphatic hydroxyl groups excluding tert-OH is 1. The molecule has 5 N–H and O–H groups in total. The maximum Gasteiger partial charge on any atom is 0.310 e. The van der Waals surface area contributed by atoms with Gasteiger partial charge in [-0.15, -0.1) is 0 Å². The van der Waals surface area contributed by atoms with Crippen LogP contribution in [0, 0.1) is 6.92 Å². The Hall–Kier alpha value is -2.41. The lowest BCUT2D eigenvalue weighted by molar-refractivity contribution is -0.135. The van der Waals surface area contributed by atoms with Crippen molar-refractivity contribution >= 4 is 34.8 Å². The van der Waals surface area contributed by atoms with Crippen molar-refractivity contribution in [1.82, 2.24) is 10.9 Å². The highest BCUT2D eigenvalue weighted by Crippen LogP contribution is 2.11. The van der Waals surface area contributed by atoms with Crippen LogP contribution in [0.3, 0.4) is 0 Å². The SMILES string of the molecule is Cc1ccc(/C(O)=C/C(=O)C(=O)NNC(N)=S)cc1. The molecular formula is C12H13N3O3S. The minimum absolute atomic E-state index is 0.173. The fourth-order valence-electron chi connectivity index (χ4n) is 1.18. The van der Waals surface area contributed by atoms with Crippen molar-refractivity contribution in [2.45, 2.75) is 6.92 Å². The van der Waals surface area contributed by atoms with Gasteiger partial charge in [-0.05, 0) is 19.1 Å². The highest BCUT2D eigenvalue weighted by molar-refractivity contribution is 7.80. The molecule has 1 amide bonds. The smallest absolute Gasteiger partial charge is 0.310 e. The Labute approximate surface area is 115 Å². The van der Waals surface area contributed by atoms with Crippen LogP contribution in [0.25, 0.3) is 5.76 Å². The molecule has 1 aromatic rings. The summed E-state index contributed by atoms with van der Waals surface area (Å²) in [7, 11) is 0. The summed E-state index contributed by atoms with van der Waals surface area (Å²) >= 11 is 4.45. The van der Waals surface area contributed by atoms with E-state index in [1.54, 1.807) is 24.3 Å². The third-order valence-corrected chi connectivity index (χ3v) is 2.24. The number of aryl methyl sites for hydroxylation is 1. The molecule has 100 valence electrons. The fraction of sp³-hybridized carbons (Fsp3) is 0.0833. The lowest BCUT2D eigenvalue weighted by Gasteiger charge is -2.04. The third kappa shape index (κ3) is 4.76. The molecule has 0 heterocycles. The van der Waals surface area contributed by atoms with Gasteiger partial charge in [0.1, 0.15) is 5.76 Å². The number of hydrogen-bond donors (Lipinski definition) is 4. The highest BCUT2D eigenvalue weighted by Gasteiger charge is 2.12. The lowest BCUT2D eigenvalue weighted by Crippen LogP contribution is -2.46. The van der Waals surface area contributed by atoms with Crippen LogP contribution in [-0.2, 0) is 9.59 Å². The summed E-state index contributed by atoms with van der Waals surface area (Å²) in [5, 5.41) is 9.52. The van der Waals surface area contributed by atoms with Gasteiger partial charge in [-0.1, -0.05) is 29.8 Å². The summed E-state index contributed by atoms with van der Waals surface area (Å²) in [6.07, 6.45) is 0.821. The zero-order valence-corrected chi connectivity index (χ0v) is 11.0. The second-order valence-corrected chi connectivity index (χ2v) is 4.14. The van der Waals surface area contributed by atoms with Gasteiger partial charge in [-0.2, -0.15) is 0 Å². The quantitative estimate of drug-likeness (QED) is 0.209. The van der Waals surface area contributed by atoms with Crippen molar-refractivity contribution < 1.29 is 14.7 Å². The standard InChI is InChI=1S/C12H13N3O3S/c1-7-2-4-8(5-3-7)9(16)6-10(17)11(18)14-15-12(13)19/h2-6,16H,1H3,(H,14,18)(H3,13,15,19)/b9-6-. The average molecular weight is 279 g/mol. The number of rotatable bonds is 3. The number of nitrogens with two attached hydrogens (primary N) is 1. The van der Waals surface area contributed by atoms with Crippen LogP contribution < -0.4 is 16.6 Å². The van der Waals surface area contributed by atoms with Crippen molar-refractivity contribution in [2.24, 2.45) is 5.73 Å². The van der Waals surface area contributed by atoms with Gasteiger partial charge in [0, 0.05) is 11.6 Å². The Kier molecular flexibility index (Phi) is 5.01.